The van der Waals surface area contributed by atoms with Crippen LogP contribution in [0.5, 0.6) is 0 Å². The smallest absolute Gasteiger partial charge is 0.328 e. The van der Waals surface area contributed by atoms with Crippen molar-refractivity contribution in [2.45, 2.75) is 25.7 Å². The summed E-state index contributed by atoms with van der Waals surface area (Å²) in [5.41, 5.74) is 2.90. The first-order valence-corrected chi connectivity index (χ1v) is 9.48. The number of hydrogen-bond donors (Lipinski definition) is 0. The van der Waals surface area contributed by atoms with Crippen molar-refractivity contribution in [1.82, 2.24) is 14.7 Å². The normalized spacial score (nSPS) is 22.9. The van der Waals surface area contributed by atoms with Gasteiger partial charge in [0.1, 0.15) is 0 Å². The summed E-state index contributed by atoms with van der Waals surface area (Å²) in [5.74, 6) is 0.368. The maximum absolute atomic E-state index is 13.3. The number of urea groups is 1. The van der Waals surface area contributed by atoms with Gasteiger partial charge >= 0.3 is 6.03 Å². The van der Waals surface area contributed by atoms with Gasteiger partial charge in [0.2, 0.25) is 0 Å². The fourth-order valence-electron chi connectivity index (χ4n) is 3.96. The predicted molar refractivity (Wildman–Crippen MR) is 107 cm³/mol. The van der Waals surface area contributed by atoms with Crippen LogP contribution in [0.1, 0.15) is 16.7 Å². The molecule has 0 aliphatic carbocycles. The van der Waals surface area contributed by atoms with E-state index in [4.69, 9.17) is 4.74 Å². The van der Waals surface area contributed by atoms with Gasteiger partial charge in [-0.05, 0) is 12.5 Å². The zero-order valence-corrected chi connectivity index (χ0v) is 16.1. The largest absolute Gasteiger partial charge is 0.423 e. The van der Waals surface area contributed by atoms with Crippen LogP contribution in [-0.4, -0.2) is 51.9 Å². The van der Waals surface area contributed by atoms with Crippen LogP contribution in [0.4, 0.5) is 4.79 Å². The molecular formula is C22H20N4O3. The summed E-state index contributed by atoms with van der Waals surface area (Å²) in [4.78, 5) is 35.2. The van der Waals surface area contributed by atoms with Crippen molar-refractivity contribution >= 4 is 23.7 Å². The van der Waals surface area contributed by atoms with Gasteiger partial charge in [-0.3, -0.25) is 14.6 Å². The van der Waals surface area contributed by atoms with Crippen LogP contribution < -0.4 is 0 Å². The molecule has 7 nitrogen and oxygen atoms in total. The number of amides is 3. The Morgan fingerprint density at radius 2 is 1.86 bits per heavy atom. The number of imide groups is 1. The molecule has 1 fully saturated rings. The minimum atomic E-state index is -0.626. The summed E-state index contributed by atoms with van der Waals surface area (Å²) >= 11 is 0. The van der Waals surface area contributed by atoms with E-state index in [0.717, 1.165) is 16.7 Å². The Balaban J connectivity index is 1.45. The van der Waals surface area contributed by atoms with Crippen LogP contribution in [0.15, 0.2) is 65.8 Å². The van der Waals surface area contributed by atoms with Gasteiger partial charge in [-0.1, -0.05) is 60.2 Å². The van der Waals surface area contributed by atoms with Gasteiger partial charge in [-0.25, -0.2) is 9.79 Å². The first-order chi connectivity index (χ1) is 14.0. The van der Waals surface area contributed by atoms with E-state index in [2.05, 4.69) is 4.99 Å². The fourth-order valence-corrected chi connectivity index (χ4v) is 3.96. The van der Waals surface area contributed by atoms with Crippen molar-refractivity contribution < 1.29 is 14.3 Å². The molecule has 3 aliphatic rings. The third-order valence-corrected chi connectivity index (χ3v) is 5.43. The molecular weight excluding hydrogens is 368 g/mol. The van der Waals surface area contributed by atoms with Crippen molar-refractivity contribution in [3.8, 4) is 0 Å². The number of amidine groups is 1. The highest BCUT2D eigenvalue weighted by Crippen LogP contribution is 2.35. The number of carbonyl (C=O) groups excluding carboxylic acids is 2. The summed E-state index contributed by atoms with van der Waals surface area (Å²) in [6.45, 7) is 2.21. The first kappa shape index (κ1) is 17.5. The first-order valence-electron chi connectivity index (χ1n) is 9.48. The predicted octanol–water partition coefficient (Wildman–Crippen LogP) is 2.78. The molecule has 2 unspecified atom stereocenters. The molecule has 0 radical (unpaired) electrons. The van der Waals surface area contributed by atoms with Crippen LogP contribution in [0, 0.1) is 6.92 Å². The number of carbonyl (C=O) groups is 2. The molecule has 0 aromatic heterocycles. The van der Waals surface area contributed by atoms with Crippen LogP contribution >= 0.6 is 0 Å². The van der Waals surface area contributed by atoms with Crippen molar-refractivity contribution in [3.05, 3.63) is 77.5 Å². The Bertz CT molecular complexity index is 1060. The van der Waals surface area contributed by atoms with E-state index in [1.54, 1.807) is 18.1 Å². The van der Waals surface area contributed by atoms with Crippen LogP contribution in [-0.2, 0) is 16.1 Å². The minimum Gasteiger partial charge on any atom is -0.423 e. The molecule has 3 heterocycles. The zero-order chi connectivity index (χ0) is 20.1. The summed E-state index contributed by atoms with van der Waals surface area (Å²) < 4.78 is 5.89. The van der Waals surface area contributed by atoms with Crippen molar-refractivity contribution in [3.63, 3.8) is 0 Å². The molecule has 7 heteroatoms. The van der Waals surface area contributed by atoms with Crippen molar-refractivity contribution in [2.75, 3.05) is 7.05 Å². The SMILES string of the molecule is Cc1cccc(CN2C(=O)C3C(N=C4OC(c5ccccc5)=CN43)N(C)C2=O)c1. The second kappa shape index (κ2) is 6.48. The van der Waals surface area contributed by atoms with E-state index >= 15 is 0 Å². The molecule has 5 rings (SSSR count). The number of benzene rings is 2. The van der Waals surface area contributed by atoms with E-state index < -0.39 is 12.2 Å². The highest BCUT2D eigenvalue weighted by Gasteiger charge is 2.54. The molecule has 2 aromatic carbocycles. The lowest BCUT2D eigenvalue weighted by Crippen LogP contribution is -2.63. The Hall–Kier alpha value is -3.61. The molecule has 1 saturated heterocycles. The highest BCUT2D eigenvalue weighted by atomic mass is 16.5. The summed E-state index contributed by atoms with van der Waals surface area (Å²) in [5, 5.41) is 0. The molecule has 3 amide bonds. The third-order valence-electron chi connectivity index (χ3n) is 5.43. The van der Waals surface area contributed by atoms with E-state index in [9.17, 15) is 9.59 Å². The second-order valence-corrected chi connectivity index (χ2v) is 7.45. The molecule has 146 valence electrons. The molecule has 3 aliphatic heterocycles. The Labute approximate surface area is 168 Å². The third kappa shape index (κ3) is 2.77. The van der Waals surface area contributed by atoms with E-state index in [-0.39, 0.29) is 18.5 Å². The number of hydrogen-bond acceptors (Lipinski definition) is 5. The lowest BCUT2D eigenvalue weighted by atomic mass is 10.1. The molecule has 0 saturated carbocycles. The number of fused-ring (bicyclic) bond motifs is 3. The average Bonchev–Trinajstić information content (AvgIpc) is 3.28. The lowest BCUT2D eigenvalue weighted by Gasteiger charge is -2.39. The van der Waals surface area contributed by atoms with Gasteiger partial charge in [0, 0.05) is 12.6 Å². The number of rotatable bonds is 3. The topological polar surface area (TPSA) is 65.5 Å². The van der Waals surface area contributed by atoms with Gasteiger partial charge in [-0.15, -0.1) is 0 Å². The fraction of sp³-hybridized carbons (Fsp3) is 0.227. The van der Waals surface area contributed by atoms with Crippen LogP contribution in [0.2, 0.25) is 0 Å². The number of nitrogens with zero attached hydrogens (tertiary/aromatic N) is 4. The van der Waals surface area contributed by atoms with Gasteiger partial charge < -0.3 is 9.64 Å². The Morgan fingerprint density at radius 3 is 2.62 bits per heavy atom. The molecule has 0 bridgehead atoms. The number of ether oxygens (including phenoxy) is 1. The maximum Gasteiger partial charge on any atom is 0.328 e. The number of likely N-dealkylation sites (N-methyl/N-ethyl adjacent to an activating group) is 1. The summed E-state index contributed by atoms with van der Waals surface area (Å²) in [7, 11) is 1.67. The van der Waals surface area contributed by atoms with Gasteiger partial charge in [0.15, 0.2) is 18.0 Å². The molecule has 29 heavy (non-hydrogen) atoms. The van der Waals surface area contributed by atoms with E-state index in [0.29, 0.717) is 11.8 Å². The van der Waals surface area contributed by atoms with Crippen LogP contribution in [0.3, 0.4) is 0 Å². The summed E-state index contributed by atoms with van der Waals surface area (Å²) in [6.07, 6.45) is 1.21. The Morgan fingerprint density at radius 1 is 1.07 bits per heavy atom. The number of aliphatic imine (C=N–C) groups is 1. The maximum atomic E-state index is 13.3. The number of aryl methyl sites for hydroxylation is 1. The average molecular weight is 388 g/mol. The molecule has 2 aromatic rings. The molecule has 0 spiro atoms. The molecule has 0 N–H and O–H groups in total. The van der Waals surface area contributed by atoms with Gasteiger partial charge in [0.25, 0.3) is 11.9 Å². The highest BCUT2D eigenvalue weighted by molar-refractivity contribution is 6.04. The lowest BCUT2D eigenvalue weighted by molar-refractivity contribution is -0.137. The van der Waals surface area contributed by atoms with Gasteiger partial charge in [-0.2, -0.15) is 0 Å². The molecule has 2 atom stereocenters. The van der Waals surface area contributed by atoms with E-state index in [1.807, 2.05) is 61.5 Å². The quantitative estimate of drug-likeness (QED) is 0.811. The van der Waals surface area contributed by atoms with Crippen molar-refractivity contribution in [2.24, 2.45) is 4.99 Å². The van der Waals surface area contributed by atoms with Gasteiger partial charge in [0.05, 0.1) is 12.7 Å². The standard InChI is InChI=1S/C22H20N4O3/c1-14-7-6-8-15(11-14)12-26-20(27)18-19(24(2)22(26)28)23-21-25(18)13-17(29-21)16-9-4-3-5-10-16/h3-11,13,18-19H,12H2,1-2H3. The minimum absolute atomic E-state index is 0.228. The zero-order valence-electron chi connectivity index (χ0n) is 16.1. The van der Waals surface area contributed by atoms with Crippen molar-refractivity contribution in [1.29, 1.82) is 0 Å². The van der Waals surface area contributed by atoms with Crippen LogP contribution in [0.25, 0.3) is 5.76 Å². The monoisotopic (exact) mass is 388 g/mol. The second-order valence-electron chi connectivity index (χ2n) is 7.45. The summed E-state index contributed by atoms with van der Waals surface area (Å²) in [6, 6.07) is 16.8. The van der Waals surface area contributed by atoms with E-state index in [1.165, 1.54) is 9.80 Å². The Kier molecular flexibility index (Phi) is 3.91.